The number of carbonyl (C=O) groups is 1. The summed E-state index contributed by atoms with van der Waals surface area (Å²) in [5.74, 6) is -0.546. The predicted octanol–water partition coefficient (Wildman–Crippen LogP) is 2.10. The average Bonchev–Trinajstić information content (AvgIpc) is 2.49. The number of nitrogens with one attached hydrogen (secondary N) is 1. The number of benzene rings is 2. The number of halogens is 1. The van der Waals surface area contributed by atoms with E-state index in [4.69, 9.17) is 10.9 Å². The van der Waals surface area contributed by atoms with Crippen LogP contribution in [0.1, 0.15) is 11.1 Å². The fourth-order valence-electron chi connectivity index (χ4n) is 1.77. The van der Waals surface area contributed by atoms with Gasteiger partial charge in [-0.2, -0.15) is 0 Å². The molecule has 0 aliphatic carbocycles. The Morgan fingerprint density at radius 3 is 2.33 bits per heavy atom. The van der Waals surface area contributed by atoms with Crippen LogP contribution in [0.3, 0.4) is 0 Å². The fourth-order valence-corrected chi connectivity index (χ4v) is 1.77. The first-order valence-corrected chi connectivity index (χ1v) is 6.21. The first-order valence-electron chi connectivity index (χ1n) is 6.21. The van der Waals surface area contributed by atoms with Crippen LogP contribution in [0.5, 0.6) is 0 Å². The first-order chi connectivity index (χ1) is 10.1. The highest BCUT2D eigenvalue weighted by Crippen LogP contribution is 2.11. The summed E-state index contributed by atoms with van der Waals surface area (Å²) in [6, 6.07) is 12.3. The van der Waals surface area contributed by atoms with Crippen molar-refractivity contribution in [3.8, 4) is 0 Å². The molecule has 1 amide bonds. The Morgan fingerprint density at radius 2 is 1.76 bits per heavy atom. The summed E-state index contributed by atoms with van der Waals surface area (Å²) in [4.78, 5) is 11.8. The molecule has 4 N–H and O–H groups in total. The molecule has 0 heterocycles. The molecule has 6 heteroatoms. The third-order valence-corrected chi connectivity index (χ3v) is 2.85. The standard InChI is InChI=1S/C15H14FN3O2/c16-12-5-1-10(2-6-12)9-14(20)18-13-7-3-11(4-8-13)15(17)19-21/h1-8,21H,9H2,(H2,17,19)(H,18,20). The Hall–Kier alpha value is -2.89. The molecular weight excluding hydrogens is 273 g/mol. The van der Waals surface area contributed by atoms with Crippen molar-refractivity contribution in [3.05, 3.63) is 65.5 Å². The highest BCUT2D eigenvalue weighted by atomic mass is 19.1. The van der Waals surface area contributed by atoms with Crippen molar-refractivity contribution in [2.24, 2.45) is 10.9 Å². The first kappa shape index (κ1) is 14.5. The molecular formula is C15H14FN3O2. The van der Waals surface area contributed by atoms with Crippen LogP contribution in [0.15, 0.2) is 53.7 Å². The van der Waals surface area contributed by atoms with Gasteiger partial charge in [0.25, 0.3) is 0 Å². The Morgan fingerprint density at radius 1 is 1.14 bits per heavy atom. The highest BCUT2D eigenvalue weighted by molar-refractivity contribution is 5.98. The largest absolute Gasteiger partial charge is 0.409 e. The molecule has 0 atom stereocenters. The SMILES string of the molecule is N/C(=N/O)c1ccc(NC(=O)Cc2ccc(F)cc2)cc1. The van der Waals surface area contributed by atoms with Gasteiger partial charge < -0.3 is 16.3 Å². The molecule has 0 fully saturated rings. The molecule has 0 aliphatic rings. The average molecular weight is 287 g/mol. The molecule has 2 aromatic rings. The predicted molar refractivity (Wildman–Crippen MR) is 77.7 cm³/mol. The Kier molecular flexibility index (Phi) is 4.50. The summed E-state index contributed by atoms with van der Waals surface area (Å²) in [7, 11) is 0. The number of rotatable bonds is 4. The number of hydrogen-bond acceptors (Lipinski definition) is 3. The molecule has 5 nitrogen and oxygen atoms in total. The van der Waals surface area contributed by atoms with Gasteiger partial charge in [0.1, 0.15) is 5.82 Å². The lowest BCUT2D eigenvalue weighted by Crippen LogP contribution is -2.15. The molecule has 0 saturated heterocycles. The van der Waals surface area contributed by atoms with Gasteiger partial charge in [-0.05, 0) is 42.0 Å². The Balaban J connectivity index is 1.98. The molecule has 2 aromatic carbocycles. The van der Waals surface area contributed by atoms with Crippen LogP contribution in [0.2, 0.25) is 0 Å². The number of amides is 1. The van der Waals surface area contributed by atoms with E-state index < -0.39 is 0 Å². The van der Waals surface area contributed by atoms with Gasteiger partial charge in [-0.15, -0.1) is 0 Å². The maximum absolute atomic E-state index is 12.8. The van der Waals surface area contributed by atoms with E-state index in [1.807, 2.05) is 0 Å². The zero-order chi connectivity index (χ0) is 15.2. The molecule has 0 saturated carbocycles. The Bertz CT molecular complexity index is 652. The quantitative estimate of drug-likeness (QED) is 0.348. The summed E-state index contributed by atoms with van der Waals surface area (Å²) < 4.78 is 12.8. The van der Waals surface area contributed by atoms with Gasteiger partial charge in [0.2, 0.25) is 5.91 Å². The van der Waals surface area contributed by atoms with E-state index in [0.29, 0.717) is 11.3 Å². The zero-order valence-electron chi connectivity index (χ0n) is 11.1. The molecule has 0 aromatic heterocycles. The van der Waals surface area contributed by atoms with E-state index in [1.165, 1.54) is 12.1 Å². The van der Waals surface area contributed by atoms with Crippen LogP contribution in [-0.2, 0) is 11.2 Å². The minimum Gasteiger partial charge on any atom is -0.409 e. The van der Waals surface area contributed by atoms with Gasteiger partial charge in [0.05, 0.1) is 6.42 Å². The lowest BCUT2D eigenvalue weighted by molar-refractivity contribution is -0.115. The molecule has 0 radical (unpaired) electrons. The second kappa shape index (κ2) is 6.51. The van der Waals surface area contributed by atoms with Crippen molar-refractivity contribution in [2.45, 2.75) is 6.42 Å². The Labute approximate surface area is 120 Å². The molecule has 0 unspecified atom stereocenters. The van der Waals surface area contributed by atoms with Gasteiger partial charge in [-0.3, -0.25) is 4.79 Å². The molecule has 2 rings (SSSR count). The van der Waals surface area contributed by atoms with Crippen molar-refractivity contribution in [3.63, 3.8) is 0 Å². The van der Waals surface area contributed by atoms with E-state index in [9.17, 15) is 9.18 Å². The molecule has 0 spiro atoms. The van der Waals surface area contributed by atoms with Crippen LogP contribution in [0.4, 0.5) is 10.1 Å². The molecule has 0 aliphatic heterocycles. The van der Waals surface area contributed by atoms with Crippen LogP contribution in [-0.4, -0.2) is 17.0 Å². The van der Waals surface area contributed by atoms with Crippen molar-refractivity contribution in [1.29, 1.82) is 0 Å². The van der Waals surface area contributed by atoms with Crippen LogP contribution >= 0.6 is 0 Å². The number of nitrogens with two attached hydrogens (primary N) is 1. The number of amidine groups is 1. The minimum atomic E-state index is -0.335. The molecule has 0 bridgehead atoms. The van der Waals surface area contributed by atoms with Crippen LogP contribution < -0.4 is 11.1 Å². The lowest BCUT2D eigenvalue weighted by atomic mass is 10.1. The third kappa shape index (κ3) is 4.04. The zero-order valence-corrected chi connectivity index (χ0v) is 11.1. The third-order valence-electron chi connectivity index (χ3n) is 2.85. The second-order valence-electron chi connectivity index (χ2n) is 4.41. The number of hydrogen-bond donors (Lipinski definition) is 3. The summed E-state index contributed by atoms with van der Waals surface area (Å²) in [5.41, 5.74) is 7.31. The van der Waals surface area contributed by atoms with E-state index in [0.717, 1.165) is 5.56 Å². The molecule has 21 heavy (non-hydrogen) atoms. The summed E-state index contributed by atoms with van der Waals surface area (Å²) in [6.45, 7) is 0. The van der Waals surface area contributed by atoms with Crippen molar-refractivity contribution < 1.29 is 14.4 Å². The lowest BCUT2D eigenvalue weighted by Gasteiger charge is -2.06. The van der Waals surface area contributed by atoms with Gasteiger partial charge in [-0.25, -0.2) is 4.39 Å². The topological polar surface area (TPSA) is 87.7 Å². The summed E-state index contributed by atoms with van der Waals surface area (Å²) >= 11 is 0. The van der Waals surface area contributed by atoms with Gasteiger partial charge in [-0.1, -0.05) is 17.3 Å². The maximum atomic E-state index is 12.8. The summed E-state index contributed by atoms with van der Waals surface area (Å²) in [6.07, 6.45) is 0.155. The van der Waals surface area contributed by atoms with E-state index >= 15 is 0 Å². The van der Waals surface area contributed by atoms with Crippen molar-refractivity contribution in [1.82, 2.24) is 0 Å². The van der Waals surface area contributed by atoms with Crippen LogP contribution in [0.25, 0.3) is 0 Å². The van der Waals surface area contributed by atoms with E-state index in [2.05, 4.69) is 10.5 Å². The smallest absolute Gasteiger partial charge is 0.228 e. The maximum Gasteiger partial charge on any atom is 0.228 e. The molecule has 108 valence electrons. The number of oxime groups is 1. The van der Waals surface area contributed by atoms with Gasteiger partial charge in [0.15, 0.2) is 5.84 Å². The van der Waals surface area contributed by atoms with Gasteiger partial charge >= 0.3 is 0 Å². The minimum absolute atomic E-state index is 0.000751. The van der Waals surface area contributed by atoms with Gasteiger partial charge in [0, 0.05) is 11.3 Å². The van der Waals surface area contributed by atoms with Crippen LogP contribution in [0, 0.1) is 5.82 Å². The number of carbonyl (C=O) groups excluding carboxylic acids is 1. The monoisotopic (exact) mass is 287 g/mol. The number of nitrogens with zero attached hydrogens (tertiary/aromatic N) is 1. The second-order valence-corrected chi connectivity index (χ2v) is 4.41. The van der Waals surface area contributed by atoms with Crippen molar-refractivity contribution >= 4 is 17.4 Å². The van der Waals surface area contributed by atoms with E-state index in [-0.39, 0.29) is 24.0 Å². The van der Waals surface area contributed by atoms with E-state index in [1.54, 1.807) is 36.4 Å². The van der Waals surface area contributed by atoms with Crippen molar-refractivity contribution in [2.75, 3.05) is 5.32 Å². The summed E-state index contributed by atoms with van der Waals surface area (Å²) in [5, 5.41) is 14.2. The highest BCUT2D eigenvalue weighted by Gasteiger charge is 2.05. The number of anilines is 1. The fraction of sp³-hybridized carbons (Fsp3) is 0.0667. The normalized spacial score (nSPS) is 11.2.